The molecule has 0 spiro atoms. The summed E-state index contributed by atoms with van der Waals surface area (Å²) in [6, 6.07) is 7.64. The molecule has 2 aliphatic heterocycles. The van der Waals surface area contributed by atoms with Crippen molar-refractivity contribution >= 4 is 5.82 Å². The van der Waals surface area contributed by atoms with E-state index in [0.29, 0.717) is 17.8 Å². The summed E-state index contributed by atoms with van der Waals surface area (Å²) in [7, 11) is 2.26. The van der Waals surface area contributed by atoms with Crippen molar-refractivity contribution in [3.63, 3.8) is 0 Å². The van der Waals surface area contributed by atoms with Gasteiger partial charge in [0.1, 0.15) is 5.82 Å². The highest BCUT2D eigenvalue weighted by Crippen LogP contribution is 2.46. The van der Waals surface area contributed by atoms with Gasteiger partial charge in [0.2, 0.25) is 0 Å². The lowest BCUT2D eigenvalue weighted by atomic mass is 9.84. The van der Waals surface area contributed by atoms with Crippen LogP contribution in [0.2, 0.25) is 0 Å². The number of pyridine rings is 2. The van der Waals surface area contributed by atoms with Gasteiger partial charge in [0.05, 0.1) is 0 Å². The highest BCUT2D eigenvalue weighted by molar-refractivity contribution is 5.73. The predicted molar refractivity (Wildman–Crippen MR) is 83.8 cm³/mol. The molecular weight excluding hydrogens is 260 g/mol. The third kappa shape index (κ3) is 2.02. The first kappa shape index (κ1) is 12.8. The Balaban J connectivity index is 1.72. The number of anilines is 1. The lowest BCUT2D eigenvalue weighted by Gasteiger charge is -2.22. The highest BCUT2D eigenvalue weighted by Gasteiger charge is 2.44. The number of nitrogens with zero attached hydrogens (tertiary/aromatic N) is 3. The number of hydrogen-bond acceptors (Lipinski definition) is 4. The second kappa shape index (κ2) is 4.81. The van der Waals surface area contributed by atoms with E-state index in [-0.39, 0.29) is 0 Å². The van der Waals surface area contributed by atoms with Gasteiger partial charge in [-0.1, -0.05) is 0 Å². The standard InChI is InChI=1S/C17H20N4/c1-21-13-2-3-16(21)14(9-13)12-8-15(17(18)20-10-12)11-4-6-19-7-5-11/h4-8,10,13-14,16H,2-3,9H2,1H3,(H2,18,20). The number of hydrogen-bond donors (Lipinski definition) is 1. The van der Waals surface area contributed by atoms with E-state index >= 15 is 0 Å². The maximum atomic E-state index is 6.08. The van der Waals surface area contributed by atoms with E-state index in [1.807, 2.05) is 18.3 Å². The van der Waals surface area contributed by atoms with Gasteiger partial charge in [-0.05, 0) is 55.6 Å². The molecule has 3 unspecified atom stereocenters. The predicted octanol–water partition coefficient (Wildman–Crippen LogP) is 2.68. The van der Waals surface area contributed by atoms with Crippen LogP contribution in [0.1, 0.15) is 30.7 Å². The van der Waals surface area contributed by atoms with E-state index in [1.54, 1.807) is 12.4 Å². The van der Waals surface area contributed by atoms with Gasteiger partial charge in [-0.25, -0.2) is 4.98 Å². The van der Waals surface area contributed by atoms with Crippen LogP contribution < -0.4 is 5.73 Å². The number of nitrogens with two attached hydrogens (primary N) is 1. The number of fused-ring (bicyclic) bond motifs is 2. The van der Waals surface area contributed by atoms with Gasteiger partial charge in [0, 0.05) is 42.2 Å². The normalized spacial score (nSPS) is 28.1. The number of aromatic nitrogens is 2. The maximum Gasteiger partial charge on any atom is 0.131 e. The minimum atomic E-state index is 0.599. The Hall–Kier alpha value is -1.94. The molecule has 21 heavy (non-hydrogen) atoms. The molecule has 0 radical (unpaired) electrons. The van der Waals surface area contributed by atoms with E-state index < -0.39 is 0 Å². The fourth-order valence-electron chi connectivity index (χ4n) is 4.08. The monoisotopic (exact) mass is 280 g/mol. The second-order valence-electron chi connectivity index (χ2n) is 6.24. The molecular formula is C17H20N4. The molecule has 2 fully saturated rings. The first-order valence-electron chi connectivity index (χ1n) is 7.62. The summed E-state index contributed by atoms with van der Waals surface area (Å²) in [5.41, 5.74) is 9.53. The van der Waals surface area contributed by atoms with Crippen LogP contribution in [0.5, 0.6) is 0 Å². The van der Waals surface area contributed by atoms with Crippen LogP contribution in [0.15, 0.2) is 36.8 Å². The number of nitrogen functional groups attached to an aromatic ring is 1. The summed E-state index contributed by atoms with van der Waals surface area (Å²) >= 11 is 0. The lowest BCUT2D eigenvalue weighted by Crippen LogP contribution is -2.25. The molecule has 2 N–H and O–H groups in total. The first-order valence-corrected chi connectivity index (χ1v) is 7.62. The molecule has 2 bridgehead atoms. The van der Waals surface area contributed by atoms with Crippen LogP contribution in [0.3, 0.4) is 0 Å². The summed E-state index contributed by atoms with van der Waals surface area (Å²) in [5.74, 6) is 1.20. The molecule has 2 saturated heterocycles. The zero-order chi connectivity index (χ0) is 14.4. The lowest BCUT2D eigenvalue weighted by molar-refractivity contribution is 0.307. The van der Waals surface area contributed by atoms with Crippen LogP contribution in [-0.2, 0) is 0 Å². The molecule has 2 aromatic heterocycles. The molecule has 4 rings (SSSR count). The summed E-state index contributed by atoms with van der Waals surface area (Å²) in [5, 5.41) is 0. The Bertz CT molecular complexity index is 655. The number of rotatable bonds is 2. The first-order chi connectivity index (χ1) is 10.2. The molecule has 4 heteroatoms. The second-order valence-corrected chi connectivity index (χ2v) is 6.24. The van der Waals surface area contributed by atoms with E-state index in [0.717, 1.165) is 17.2 Å². The topological polar surface area (TPSA) is 55.0 Å². The van der Waals surface area contributed by atoms with Crippen molar-refractivity contribution in [3.8, 4) is 11.1 Å². The third-order valence-electron chi connectivity index (χ3n) is 5.24. The molecule has 4 heterocycles. The molecule has 2 aromatic rings. The molecule has 0 aliphatic carbocycles. The largest absolute Gasteiger partial charge is 0.383 e. The zero-order valence-electron chi connectivity index (χ0n) is 12.2. The van der Waals surface area contributed by atoms with E-state index in [2.05, 4.69) is 28.0 Å². The zero-order valence-corrected chi connectivity index (χ0v) is 12.2. The summed E-state index contributed by atoms with van der Waals surface area (Å²) < 4.78 is 0. The van der Waals surface area contributed by atoms with Crippen LogP contribution in [0.25, 0.3) is 11.1 Å². The number of likely N-dealkylation sites (N-methyl/N-ethyl adjacent to an activating group) is 1. The van der Waals surface area contributed by atoms with Crippen molar-refractivity contribution in [1.29, 1.82) is 0 Å². The highest BCUT2D eigenvalue weighted by atomic mass is 15.2. The third-order valence-corrected chi connectivity index (χ3v) is 5.24. The average Bonchev–Trinajstić information content (AvgIpc) is 3.04. The van der Waals surface area contributed by atoms with E-state index in [4.69, 9.17) is 5.73 Å². The smallest absolute Gasteiger partial charge is 0.131 e. The minimum absolute atomic E-state index is 0.599. The molecule has 0 saturated carbocycles. The van der Waals surface area contributed by atoms with Gasteiger partial charge in [0.25, 0.3) is 0 Å². The minimum Gasteiger partial charge on any atom is -0.383 e. The summed E-state index contributed by atoms with van der Waals surface area (Å²) in [4.78, 5) is 11.1. The van der Waals surface area contributed by atoms with Gasteiger partial charge >= 0.3 is 0 Å². The van der Waals surface area contributed by atoms with Crippen molar-refractivity contribution in [2.75, 3.05) is 12.8 Å². The van der Waals surface area contributed by atoms with Gasteiger partial charge in [-0.15, -0.1) is 0 Å². The fourth-order valence-corrected chi connectivity index (χ4v) is 4.08. The van der Waals surface area contributed by atoms with Crippen LogP contribution in [-0.4, -0.2) is 34.0 Å². The SMILES string of the molecule is CN1C2CCC1C(c1cnc(N)c(-c3ccncc3)c1)C2. The van der Waals surface area contributed by atoms with Gasteiger partial charge in [0.15, 0.2) is 0 Å². The van der Waals surface area contributed by atoms with Crippen LogP contribution >= 0.6 is 0 Å². The summed E-state index contributed by atoms with van der Waals surface area (Å²) in [6.07, 6.45) is 9.47. The van der Waals surface area contributed by atoms with Gasteiger partial charge in [-0.3, -0.25) is 9.88 Å². The molecule has 3 atom stereocenters. The quantitative estimate of drug-likeness (QED) is 0.919. The molecule has 4 nitrogen and oxygen atoms in total. The van der Waals surface area contributed by atoms with E-state index in [1.165, 1.54) is 24.8 Å². The fraction of sp³-hybridized carbons (Fsp3) is 0.412. The van der Waals surface area contributed by atoms with Crippen molar-refractivity contribution in [2.24, 2.45) is 0 Å². The van der Waals surface area contributed by atoms with Crippen molar-refractivity contribution in [2.45, 2.75) is 37.3 Å². The molecule has 0 amide bonds. The van der Waals surface area contributed by atoms with Crippen LogP contribution in [0, 0.1) is 0 Å². The van der Waals surface area contributed by atoms with Crippen molar-refractivity contribution in [3.05, 3.63) is 42.4 Å². The van der Waals surface area contributed by atoms with E-state index in [9.17, 15) is 0 Å². The van der Waals surface area contributed by atoms with Gasteiger partial charge in [-0.2, -0.15) is 0 Å². The van der Waals surface area contributed by atoms with Crippen LogP contribution in [0.4, 0.5) is 5.82 Å². The Morgan fingerprint density at radius 3 is 2.71 bits per heavy atom. The summed E-state index contributed by atoms with van der Waals surface area (Å²) in [6.45, 7) is 0. The molecule has 108 valence electrons. The average molecular weight is 280 g/mol. The molecule has 2 aliphatic rings. The molecule has 0 aromatic carbocycles. The van der Waals surface area contributed by atoms with Gasteiger partial charge < -0.3 is 5.73 Å². The Kier molecular flexibility index (Phi) is 2.93. The van der Waals surface area contributed by atoms with Crippen molar-refractivity contribution < 1.29 is 0 Å². The van der Waals surface area contributed by atoms with Crippen molar-refractivity contribution in [1.82, 2.24) is 14.9 Å². The maximum absolute atomic E-state index is 6.08. The Morgan fingerprint density at radius 1 is 1.24 bits per heavy atom. The Labute approximate surface area is 125 Å². The Morgan fingerprint density at radius 2 is 2.05 bits per heavy atom.